The molecule has 5 aromatic rings. The van der Waals surface area contributed by atoms with Crippen LogP contribution in [0.3, 0.4) is 0 Å². The van der Waals surface area contributed by atoms with E-state index in [1.807, 2.05) is 43.3 Å². The quantitative estimate of drug-likeness (QED) is 0.0479. The lowest BCUT2D eigenvalue weighted by molar-refractivity contribution is -0.157. The molecule has 1 atom stereocenters. The molecule has 3 aliphatic heterocycles. The molecule has 366 valence electrons. The molecule has 3 aliphatic rings. The number of rotatable bonds is 14. The lowest BCUT2D eigenvalue weighted by Gasteiger charge is -2.44. The van der Waals surface area contributed by atoms with Crippen molar-refractivity contribution in [2.75, 3.05) is 87.1 Å². The number of ether oxygens (including phenoxy) is 1. The summed E-state index contributed by atoms with van der Waals surface area (Å²) < 4.78 is 80.6. The summed E-state index contributed by atoms with van der Waals surface area (Å²) in [4.78, 5) is 56.4. The summed E-state index contributed by atoms with van der Waals surface area (Å²) in [6.45, 7) is 8.81. The summed E-state index contributed by atoms with van der Waals surface area (Å²) >= 11 is 3.58. The predicted octanol–water partition coefficient (Wildman–Crippen LogP) is 8.06. The van der Waals surface area contributed by atoms with Gasteiger partial charge in [0.1, 0.15) is 30.3 Å². The number of hydrogen-bond acceptors (Lipinski definition) is 13. The average molecular weight is 1040 g/mol. The molecule has 8 rings (SSSR count). The first-order valence-electron chi connectivity index (χ1n) is 22.8. The van der Waals surface area contributed by atoms with E-state index in [0.717, 1.165) is 77.2 Å². The fourth-order valence-corrected chi connectivity index (χ4v) is 11.2. The van der Waals surface area contributed by atoms with Crippen LogP contribution in [0.4, 0.5) is 52.1 Å². The van der Waals surface area contributed by atoms with Crippen molar-refractivity contribution in [3.8, 4) is 5.75 Å². The Morgan fingerprint density at radius 1 is 0.942 bits per heavy atom. The standard InChI is InChI=1S/C48H54BrF4N10O5P/c1-6-28-21-38(58-47-54-25-33(49)44(60-47)57-37-11-10-36-31(8-7-27(2)56-36)43(37)69(4,5)67)40(68-3)24-39(28)62-15-13-30(14-16-62)61-17-19-63(20-18-61)46(66)48(52,53)26-55-29-22-34(50)42(35(51)23-29)32-9-12-41(64)59-45(32)65/h7-8,10-11,21-25,30,32,55H,6,9,12-20,26H2,1-5H3,(H,59,64,65)(H2,54,57,58,60). The second kappa shape index (κ2) is 20.2. The van der Waals surface area contributed by atoms with Crippen LogP contribution in [0.2, 0.25) is 0 Å². The highest BCUT2D eigenvalue weighted by molar-refractivity contribution is 9.10. The van der Waals surface area contributed by atoms with E-state index in [0.29, 0.717) is 51.8 Å². The Kier molecular flexibility index (Phi) is 14.5. The number of alkyl halides is 2. The van der Waals surface area contributed by atoms with Gasteiger partial charge < -0.3 is 35.1 Å². The van der Waals surface area contributed by atoms with Gasteiger partial charge in [-0.05, 0) is 104 Å². The summed E-state index contributed by atoms with van der Waals surface area (Å²) in [7, 11) is -1.17. The molecule has 0 bridgehead atoms. The number of anilines is 6. The minimum absolute atomic E-state index is 0.0835. The number of piperidine rings is 2. The third-order valence-electron chi connectivity index (χ3n) is 13.0. The minimum atomic E-state index is -3.87. The van der Waals surface area contributed by atoms with Gasteiger partial charge in [0.25, 0.3) is 5.91 Å². The predicted molar refractivity (Wildman–Crippen MR) is 263 cm³/mol. The van der Waals surface area contributed by atoms with Gasteiger partial charge in [-0.2, -0.15) is 13.8 Å². The zero-order chi connectivity index (χ0) is 49.4. The zero-order valence-corrected chi connectivity index (χ0v) is 41.4. The molecule has 4 N–H and O–H groups in total. The number of nitrogens with zero attached hydrogens (tertiary/aromatic N) is 6. The number of carbonyl (C=O) groups excluding carboxylic acids is 3. The average Bonchev–Trinajstić information content (AvgIpc) is 3.31. The summed E-state index contributed by atoms with van der Waals surface area (Å²) in [6.07, 6.45) is 3.84. The summed E-state index contributed by atoms with van der Waals surface area (Å²) in [5.74, 6) is -8.70. The first-order chi connectivity index (χ1) is 32.8. The topological polar surface area (TPSA) is 174 Å². The number of benzene rings is 3. The van der Waals surface area contributed by atoms with Crippen molar-refractivity contribution in [3.05, 3.63) is 87.7 Å². The first kappa shape index (κ1) is 49.6. The van der Waals surface area contributed by atoms with Crippen LogP contribution < -0.4 is 36.2 Å². The Morgan fingerprint density at radius 2 is 1.65 bits per heavy atom. The van der Waals surface area contributed by atoms with Crippen molar-refractivity contribution in [2.45, 2.75) is 63.8 Å². The molecule has 69 heavy (non-hydrogen) atoms. The van der Waals surface area contributed by atoms with Crippen molar-refractivity contribution >= 4 is 91.5 Å². The minimum Gasteiger partial charge on any atom is -0.494 e. The van der Waals surface area contributed by atoms with Crippen molar-refractivity contribution in [1.82, 2.24) is 30.1 Å². The van der Waals surface area contributed by atoms with Gasteiger partial charge in [-0.3, -0.25) is 29.6 Å². The van der Waals surface area contributed by atoms with Crippen LogP contribution >= 0.6 is 23.1 Å². The van der Waals surface area contributed by atoms with Crippen LogP contribution in [-0.2, 0) is 25.4 Å². The second-order valence-electron chi connectivity index (χ2n) is 18.0. The van der Waals surface area contributed by atoms with Crippen molar-refractivity contribution in [1.29, 1.82) is 0 Å². The zero-order valence-electron chi connectivity index (χ0n) is 38.9. The second-order valence-corrected chi connectivity index (χ2v) is 22.0. The molecule has 1 unspecified atom stereocenters. The van der Waals surface area contributed by atoms with Crippen LogP contribution in [0.25, 0.3) is 10.9 Å². The number of amides is 3. The normalized spacial score (nSPS) is 17.5. The van der Waals surface area contributed by atoms with Gasteiger partial charge in [0.05, 0.1) is 40.9 Å². The number of aryl methyl sites for hydroxylation is 2. The molecule has 3 amide bonds. The van der Waals surface area contributed by atoms with E-state index >= 15 is 8.78 Å². The Labute approximate surface area is 405 Å². The van der Waals surface area contributed by atoms with Gasteiger partial charge in [0, 0.05) is 97.3 Å². The van der Waals surface area contributed by atoms with Gasteiger partial charge in [-0.1, -0.05) is 13.0 Å². The van der Waals surface area contributed by atoms with E-state index in [4.69, 9.17) is 9.72 Å². The number of halogens is 5. The molecule has 3 aromatic carbocycles. The highest BCUT2D eigenvalue weighted by Crippen LogP contribution is 2.43. The maximum absolute atomic E-state index is 15.3. The van der Waals surface area contributed by atoms with E-state index in [1.54, 1.807) is 26.6 Å². The molecule has 0 radical (unpaired) electrons. The molecule has 0 saturated carbocycles. The molecule has 5 heterocycles. The molecule has 3 fully saturated rings. The number of piperazine rings is 1. The summed E-state index contributed by atoms with van der Waals surface area (Å²) in [5, 5.41) is 12.6. The first-order valence-corrected chi connectivity index (χ1v) is 26.2. The summed E-state index contributed by atoms with van der Waals surface area (Å²) in [5.41, 5.74) is 4.23. The van der Waals surface area contributed by atoms with Crippen molar-refractivity contribution in [3.63, 3.8) is 0 Å². The van der Waals surface area contributed by atoms with Gasteiger partial charge in [-0.15, -0.1) is 0 Å². The lowest BCUT2D eigenvalue weighted by Crippen LogP contribution is -2.57. The third kappa shape index (κ3) is 10.8. The summed E-state index contributed by atoms with van der Waals surface area (Å²) in [6, 6.07) is 13.5. The number of carbonyl (C=O) groups is 3. The maximum Gasteiger partial charge on any atom is 0.341 e. The fourth-order valence-electron chi connectivity index (χ4n) is 9.46. The Morgan fingerprint density at radius 3 is 2.30 bits per heavy atom. The number of hydrogen-bond donors (Lipinski definition) is 4. The van der Waals surface area contributed by atoms with E-state index < -0.39 is 60.4 Å². The lowest BCUT2D eigenvalue weighted by atomic mass is 9.89. The Balaban J connectivity index is 0.863. The maximum atomic E-state index is 15.3. The molecule has 0 spiro atoms. The van der Waals surface area contributed by atoms with E-state index in [2.05, 4.69) is 63.9 Å². The monoisotopic (exact) mass is 1040 g/mol. The van der Waals surface area contributed by atoms with Gasteiger partial charge in [-0.25, -0.2) is 13.8 Å². The van der Waals surface area contributed by atoms with E-state index in [-0.39, 0.29) is 37.7 Å². The number of fused-ring (bicyclic) bond motifs is 1. The van der Waals surface area contributed by atoms with Crippen LogP contribution in [0.1, 0.15) is 55.3 Å². The molecule has 2 aromatic heterocycles. The highest BCUT2D eigenvalue weighted by Gasteiger charge is 2.43. The number of imide groups is 1. The molecule has 3 saturated heterocycles. The van der Waals surface area contributed by atoms with Gasteiger partial charge in [0.15, 0.2) is 0 Å². The molecule has 0 aliphatic carbocycles. The smallest absolute Gasteiger partial charge is 0.341 e. The highest BCUT2D eigenvalue weighted by atomic mass is 79.9. The third-order valence-corrected chi connectivity index (χ3v) is 15.1. The van der Waals surface area contributed by atoms with Crippen LogP contribution in [0.15, 0.2) is 59.2 Å². The molecular formula is C48H54BrF4N10O5P. The number of methoxy groups -OCH3 is 1. The van der Waals surface area contributed by atoms with Crippen molar-refractivity contribution in [2.24, 2.45) is 0 Å². The van der Waals surface area contributed by atoms with Gasteiger partial charge >= 0.3 is 5.92 Å². The largest absolute Gasteiger partial charge is 0.494 e. The number of aromatic nitrogens is 3. The van der Waals surface area contributed by atoms with E-state index in [9.17, 15) is 27.7 Å². The molecular weight excluding hydrogens is 983 g/mol. The molecule has 21 heteroatoms. The fraction of sp³-hybridized carbons (Fsp3) is 0.417. The van der Waals surface area contributed by atoms with Gasteiger partial charge in [0.2, 0.25) is 17.8 Å². The van der Waals surface area contributed by atoms with Crippen LogP contribution in [0, 0.1) is 18.6 Å². The number of nitrogens with one attached hydrogen (secondary N) is 4. The van der Waals surface area contributed by atoms with Crippen LogP contribution in [-0.4, -0.2) is 121 Å². The molecule has 15 nitrogen and oxygen atoms in total. The Hall–Kier alpha value is -5.85. The number of pyridine rings is 1. The van der Waals surface area contributed by atoms with Crippen LogP contribution in [0.5, 0.6) is 5.75 Å². The SMILES string of the molecule is CCc1cc(Nc2ncc(Br)c(Nc3ccc4nc(C)ccc4c3P(C)(C)=O)n2)c(OC)cc1N1CCC(N2CCN(C(=O)C(F)(F)CNc3cc(F)c(C4CCC(=O)NC4=O)c(F)c3)CC2)CC1. The van der Waals surface area contributed by atoms with E-state index in [1.165, 1.54) is 0 Å². The van der Waals surface area contributed by atoms with Crippen molar-refractivity contribution < 1.29 is 41.2 Å². The Bertz CT molecular complexity index is 2830.